The third-order valence-electron chi connectivity index (χ3n) is 5.34. The van der Waals surface area contributed by atoms with Crippen LogP contribution < -0.4 is 4.90 Å². The first-order chi connectivity index (χ1) is 14.2. The van der Waals surface area contributed by atoms with E-state index in [-0.39, 0.29) is 6.10 Å². The van der Waals surface area contributed by atoms with Crippen LogP contribution in [0.25, 0.3) is 11.1 Å². The minimum atomic E-state index is 0.179. The summed E-state index contributed by atoms with van der Waals surface area (Å²) in [5.74, 6) is 1.05. The van der Waals surface area contributed by atoms with Crippen molar-refractivity contribution in [1.82, 2.24) is 9.88 Å². The summed E-state index contributed by atoms with van der Waals surface area (Å²) in [4.78, 5) is 9.64. The molecule has 0 saturated carbocycles. The van der Waals surface area contributed by atoms with Crippen molar-refractivity contribution in [1.29, 1.82) is 0 Å². The maximum Gasteiger partial charge on any atom is 0.134 e. The molecular formula is C24H29N3O2. The highest BCUT2D eigenvalue weighted by Gasteiger charge is 2.22. The van der Waals surface area contributed by atoms with E-state index >= 15 is 0 Å². The molecule has 0 atom stereocenters. The van der Waals surface area contributed by atoms with Gasteiger partial charge in [-0.1, -0.05) is 30.3 Å². The third-order valence-corrected chi connectivity index (χ3v) is 5.34. The molecule has 3 heterocycles. The lowest BCUT2D eigenvalue weighted by molar-refractivity contribution is 0.0659. The van der Waals surface area contributed by atoms with Gasteiger partial charge < -0.3 is 14.1 Å². The second-order valence-corrected chi connectivity index (χ2v) is 7.78. The molecule has 5 nitrogen and oxygen atoms in total. The van der Waals surface area contributed by atoms with E-state index in [1.807, 2.05) is 18.5 Å². The van der Waals surface area contributed by atoms with E-state index in [0.29, 0.717) is 6.61 Å². The van der Waals surface area contributed by atoms with Gasteiger partial charge in [0.25, 0.3) is 0 Å². The lowest BCUT2D eigenvalue weighted by atomic mass is 10.0. The van der Waals surface area contributed by atoms with Gasteiger partial charge in [-0.15, -0.1) is 0 Å². The zero-order valence-corrected chi connectivity index (χ0v) is 17.3. The molecule has 0 N–H and O–H groups in total. The zero-order valence-electron chi connectivity index (χ0n) is 17.3. The minimum Gasteiger partial charge on any atom is -0.472 e. The maximum atomic E-state index is 6.03. The van der Waals surface area contributed by atoms with Gasteiger partial charge in [-0.3, -0.25) is 4.90 Å². The van der Waals surface area contributed by atoms with E-state index < -0.39 is 0 Å². The molecule has 29 heavy (non-hydrogen) atoms. The van der Waals surface area contributed by atoms with E-state index in [9.17, 15) is 0 Å². The lowest BCUT2D eigenvalue weighted by Crippen LogP contribution is -2.46. The molecule has 1 saturated heterocycles. The van der Waals surface area contributed by atoms with Crippen molar-refractivity contribution in [2.75, 3.05) is 31.1 Å². The van der Waals surface area contributed by atoms with Crippen molar-refractivity contribution in [3.8, 4) is 11.1 Å². The molecule has 0 amide bonds. The standard InChI is InChI=1S/C24H29N3O2/c1-19(2)29-18-23-22(21-6-4-3-5-7-21)8-10-25-24(23)27-13-11-26(12-14-27)16-20-9-15-28-17-20/h3-10,15,17,19H,11-14,16,18H2,1-2H3. The number of ether oxygens (including phenoxy) is 1. The van der Waals surface area contributed by atoms with Gasteiger partial charge in [0.15, 0.2) is 0 Å². The Labute approximate surface area is 172 Å². The Hall–Kier alpha value is -2.63. The zero-order chi connectivity index (χ0) is 20.1. The largest absolute Gasteiger partial charge is 0.472 e. The van der Waals surface area contributed by atoms with Gasteiger partial charge in [-0.2, -0.15) is 0 Å². The number of hydrogen-bond donors (Lipinski definition) is 0. The number of rotatable bonds is 7. The molecule has 152 valence electrons. The molecule has 3 aromatic rings. The van der Waals surface area contributed by atoms with Crippen LogP contribution in [-0.4, -0.2) is 42.2 Å². The highest BCUT2D eigenvalue weighted by Crippen LogP contribution is 2.31. The van der Waals surface area contributed by atoms with Crippen molar-refractivity contribution >= 4 is 5.82 Å². The summed E-state index contributed by atoms with van der Waals surface area (Å²) in [5.41, 5.74) is 4.82. The Bertz CT molecular complexity index is 886. The number of aromatic nitrogens is 1. The van der Waals surface area contributed by atoms with Crippen molar-refractivity contribution < 1.29 is 9.15 Å². The Morgan fingerprint density at radius 1 is 1.03 bits per heavy atom. The number of anilines is 1. The molecule has 4 rings (SSSR count). The van der Waals surface area contributed by atoms with Gasteiger partial charge in [0.2, 0.25) is 0 Å². The predicted molar refractivity (Wildman–Crippen MR) is 116 cm³/mol. The number of piperazine rings is 1. The molecule has 5 heteroatoms. The highest BCUT2D eigenvalue weighted by molar-refractivity contribution is 5.72. The molecule has 0 bridgehead atoms. The molecule has 1 fully saturated rings. The molecule has 0 radical (unpaired) electrons. The summed E-state index contributed by atoms with van der Waals surface area (Å²) < 4.78 is 11.2. The van der Waals surface area contributed by atoms with Gasteiger partial charge in [-0.05, 0) is 37.1 Å². The quantitative estimate of drug-likeness (QED) is 0.589. The Kier molecular flexibility index (Phi) is 6.27. The van der Waals surface area contributed by atoms with Crippen LogP contribution in [0.15, 0.2) is 65.6 Å². The van der Waals surface area contributed by atoms with Crippen LogP contribution in [0.4, 0.5) is 5.82 Å². The highest BCUT2D eigenvalue weighted by atomic mass is 16.5. The van der Waals surface area contributed by atoms with Gasteiger partial charge >= 0.3 is 0 Å². The maximum absolute atomic E-state index is 6.03. The van der Waals surface area contributed by atoms with Gasteiger partial charge in [0, 0.05) is 50.0 Å². The first-order valence-electron chi connectivity index (χ1n) is 10.3. The summed E-state index contributed by atoms with van der Waals surface area (Å²) >= 11 is 0. The topological polar surface area (TPSA) is 41.7 Å². The van der Waals surface area contributed by atoms with Crippen molar-refractivity contribution in [3.05, 3.63) is 72.3 Å². The van der Waals surface area contributed by atoms with Crippen LogP contribution in [0.2, 0.25) is 0 Å². The van der Waals surface area contributed by atoms with E-state index in [4.69, 9.17) is 14.1 Å². The molecule has 0 unspecified atom stereocenters. The van der Waals surface area contributed by atoms with Crippen molar-refractivity contribution in [2.45, 2.75) is 33.1 Å². The van der Waals surface area contributed by atoms with E-state index in [2.05, 4.69) is 60.0 Å². The fraction of sp³-hybridized carbons (Fsp3) is 0.375. The number of benzene rings is 1. The third kappa shape index (κ3) is 4.86. The van der Waals surface area contributed by atoms with E-state index in [0.717, 1.165) is 38.5 Å². The van der Waals surface area contributed by atoms with Gasteiger partial charge in [-0.25, -0.2) is 4.98 Å². The number of furan rings is 1. The van der Waals surface area contributed by atoms with E-state index in [1.165, 1.54) is 22.3 Å². The molecule has 0 spiro atoms. The number of pyridine rings is 1. The van der Waals surface area contributed by atoms with Crippen LogP contribution in [0.1, 0.15) is 25.0 Å². The predicted octanol–water partition coefficient (Wildman–Crippen LogP) is 4.59. The summed E-state index contributed by atoms with van der Waals surface area (Å²) in [7, 11) is 0. The summed E-state index contributed by atoms with van der Waals surface area (Å²) in [6, 6.07) is 14.7. The first kappa shape index (κ1) is 19.7. The summed E-state index contributed by atoms with van der Waals surface area (Å²) in [6.07, 6.45) is 5.68. The summed E-state index contributed by atoms with van der Waals surface area (Å²) in [6.45, 7) is 9.58. The van der Waals surface area contributed by atoms with Gasteiger partial charge in [0.05, 0.1) is 25.2 Å². The van der Waals surface area contributed by atoms with E-state index in [1.54, 1.807) is 6.26 Å². The first-order valence-corrected chi connectivity index (χ1v) is 10.3. The lowest BCUT2D eigenvalue weighted by Gasteiger charge is -2.36. The van der Waals surface area contributed by atoms with Crippen molar-refractivity contribution in [2.24, 2.45) is 0 Å². The van der Waals surface area contributed by atoms with Crippen molar-refractivity contribution in [3.63, 3.8) is 0 Å². The summed E-state index contributed by atoms with van der Waals surface area (Å²) in [5, 5.41) is 0. The molecule has 2 aromatic heterocycles. The van der Waals surface area contributed by atoms with Crippen LogP contribution in [-0.2, 0) is 17.9 Å². The fourth-order valence-electron chi connectivity index (χ4n) is 3.79. The molecule has 1 aromatic carbocycles. The van der Waals surface area contributed by atoms with Crippen LogP contribution >= 0.6 is 0 Å². The normalized spacial score (nSPS) is 15.2. The number of nitrogens with zero attached hydrogens (tertiary/aromatic N) is 3. The molecule has 1 aliphatic heterocycles. The molecular weight excluding hydrogens is 362 g/mol. The van der Waals surface area contributed by atoms with Gasteiger partial charge in [0.1, 0.15) is 5.82 Å². The second kappa shape index (κ2) is 9.25. The van der Waals surface area contributed by atoms with Crippen LogP contribution in [0.3, 0.4) is 0 Å². The molecule has 1 aliphatic rings. The Morgan fingerprint density at radius 2 is 1.83 bits per heavy atom. The monoisotopic (exact) mass is 391 g/mol. The Balaban J connectivity index is 1.55. The average molecular weight is 392 g/mol. The smallest absolute Gasteiger partial charge is 0.134 e. The SMILES string of the molecule is CC(C)OCc1c(-c2ccccc2)ccnc1N1CCN(Cc2ccoc2)CC1. The molecule has 0 aliphatic carbocycles. The Morgan fingerprint density at radius 3 is 2.52 bits per heavy atom. The fourth-order valence-corrected chi connectivity index (χ4v) is 3.79. The van der Waals surface area contributed by atoms with Crippen LogP contribution in [0.5, 0.6) is 0 Å². The minimum absolute atomic E-state index is 0.179. The second-order valence-electron chi connectivity index (χ2n) is 7.78. The van der Waals surface area contributed by atoms with Crippen LogP contribution in [0, 0.1) is 0 Å². The number of hydrogen-bond acceptors (Lipinski definition) is 5. The average Bonchev–Trinajstić information content (AvgIpc) is 3.26.